The van der Waals surface area contributed by atoms with Crippen molar-refractivity contribution in [2.24, 2.45) is 0 Å². The van der Waals surface area contributed by atoms with Crippen LogP contribution in [0.2, 0.25) is 0 Å². The lowest BCUT2D eigenvalue weighted by molar-refractivity contribution is -0.123. The SMILES string of the molecule is CCOc1cc(/C=C2\SC(=O)N(Cc3ccc(Br)cc3)C2=O)c(Br)cc1OCc1cccc(C)c1. The molecule has 1 aliphatic rings. The van der Waals surface area contributed by atoms with Gasteiger partial charge in [0.15, 0.2) is 11.5 Å². The molecule has 0 saturated carbocycles. The maximum atomic E-state index is 13.0. The van der Waals surface area contributed by atoms with Crippen LogP contribution in [0.1, 0.15) is 29.2 Å². The molecule has 35 heavy (non-hydrogen) atoms. The van der Waals surface area contributed by atoms with Gasteiger partial charge >= 0.3 is 0 Å². The van der Waals surface area contributed by atoms with E-state index in [1.54, 1.807) is 6.08 Å². The Labute approximate surface area is 225 Å². The molecule has 5 nitrogen and oxygen atoms in total. The van der Waals surface area contributed by atoms with Crippen molar-refractivity contribution in [3.8, 4) is 11.5 Å². The number of carbonyl (C=O) groups excluding carboxylic acids is 2. The summed E-state index contributed by atoms with van der Waals surface area (Å²) in [6, 6.07) is 19.3. The van der Waals surface area contributed by atoms with Gasteiger partial charge in [0.25, 0.3) is 11.1 Å². The number of thioether (sulfide) groups is 1. The number of amides is 2. The third-order valence-electron chi connectivity index (χ3n) is 5.25. The van der Waals surface area contributed by atoms with E-state index in [1.807, 2.05) is 68.4 Å². The number of carbonyl (C=O) groups is 2. The lowest BCUT2D eigenvalue weighted by Gasteiger charge is -2.15. The van der Waals surface area contributed by atoms with E-state index in [0.717, 1.165) is 37.4 Å². The molecule has 0 aliphatic carbocycles. The Morgan fingerprint density at radius 3 is 2.40 bits per heavy atom. The molecule has 0 radical (unpaired) electrons. The number of hydrogen-bond donors (Lipinski definition) is 0. The summed E-state index contributed by atoms with van der Waals surface area (Å²) < 4.78 is 13.5. The molecule has 0 spiro atoms. The lowest BCUT2D eigenvalue weighted by Crippen LogP contribution is -2.27. The predicted octanol–water partition coefficient (Wildman–Crippen LogP) is 7.73. The molecule has 0 atom stereocenters. The number of hydrogen-bond acceptors (Lipinski definition) is 5. The van der Waals surface area contributed by atoms with Gasteiger partial charge in [0.1, 0.15) is 6.61 Å². The zero-order chi connectivity index (χ0) is 24.9. The molecular formula is C27H23Br2NO4S. The van der Waals surface area contributed by atoms with Crippen LogP contribution >= 0.6 is 43.6 Å². The summed E-state index contributed by atoms with van der Waals surface area (Å²) in [6.45, 7) is 5.04. The van der Waals surface area contributed by atoms with Gasteiger partial charge in [-0.2, -0.15) is 0 Å². The smallest absolute Gasteiger partial charge is 0.293 e. The third kappa shape index (κ3) is 6.37. The van der Waals surface area contributed by atoms with Crippen molar-refractivity contribution in [3.05, 3.63) is 96.8 Å². The van der Waals surface area contributed by atoms with Crippen LogP contribution in [0.25, 0.3) is 6.08 Å². The molecule has 180 valence electrons. The number of aryl methyl sites for hydroxylation is 1. The molecular weight excluding hydrogens is 594 g/mol. The van der Waals surface area contributed by atoms with Crippen molar-refractivity contribution in [1.82, 2.24) is 4.90 Å². The number of benzene rings is 3. The van der Waals surface area contributed by atoms with Gasteiger partial charge in [0.05, 0.1) is 18.1 Å². The fourth-order valence-electron chi connectivity index (χ4n) is 3.56. The minimum absolute atomic E-state index is 0.229. The number of halogens is 2. The molecule has 1 aliphatic heterocycles. The molecule has 1 saturated heterocycles. The standard InChI is InChI=1S/C27H23Br2NO4S/c1-3-33-23-12-20(22(29)14-24(23)34-16-19-6-4-5-17(2)11-19)13-25-26(31)30(27(32)35-25)15-18-7-9-21(28)10-8-18/h4-14H,3,15-16H2,1-2H3/b25-13-. The van der Waals surface area contributed by atoms with Crippen LogP contribution in [-0.2, 0) is 17.9 Å². The highest BCUT2D eigenvalue weighted by atomic mass is 79.9. The van der Waals surface area contributed by atoms with Crippen molar-refractivity contribution in [2.75, 3.05) is 6.61 Å². The number of ether oxygens (including phenoxy) is 2. The van der Waals surface area contributed by atoms with Crippen LogP contribution in [0, 0.1) is 6.92 Å². The van der Waals surface area contributed by atoms with E-state index >= 15 is 0 Å². The average Bonchev–Trinajstić information content (AvgIpc) is 3.09. The van der Waals surface area contributed by atoms with E-state index in [4.69, 9.17) is 9.47 Å². The summed E-state index contributed by atoms with van der Waals surface area (Å²) in [4.78, 5) is 27.2. The Bertz CT molecular complexity index is 1290. The molecule has 0 bridgehead atoms. The van der Waals surface area contributed by atoms with E-state index in [9.17, 15) is 9.59 Å². The van der Waals surface area contributed by atoms with Crippen molar-refractivity contribution < 1.29 is 19.1 Å². The van der Waals surface area contributed by atoms with Crippen LogP contribution in [0.5, 0.6) is 11.5 Å². The Morgan fingerprint density at radius 1 is 0.943 bits per heavy atom. The number of nitrogens with zero attached hydrogens (tertiary/aromatic N) is 1. The fraction of sp³-hybridized carbons (Fsp3) is 0.185. The van der Waals surface area contributed by atoms with Gasteiger partial charge in [0.2, 0.25) is 0 Å². The second-order valence-corrected chi connectivity index (χ2v) is 10.7. The zero-order valence-electron chi connectivity index (χ0n) is 19.2. The van der Waals surface area contributed by atoms with Crippen molar-refractivity contribution in [2.45, 2.75) is 27.0 Å². The normalized spacial score (nSPS) is 14.6. The molecule has 0 unspecified atom stereocenters. The quantitative estimate of drug-likeness (QED) is 0.242. The summed E-state index contributed by atoms with van der Waals surface area (Å²) in [5.74, 6) is 0.858. The van der Waals surface area contributed by atoms with Gasteiger partial charge in [-0.25, -0.2) is 0 Å². The van der Waals surface area contributed by atoms with Crippen LogP contribution in [-0.4, -0.2) is 22.7 Å². The Hall–Kier alpha value is -2.55. The van der Waals surface area contributed by atoms with Gasteiger partial charge in [-0.15, -0.1) is 0 Å². The predicted molar refractivity (Wildman–Crippen MR) is 146 cm³/mol. The maximum absolute atomic E-state index is 13.0. The van der Waals surface area contributed by atoms with E-state index < -0.39 is 0 Å². The van der Waals surface area contributed by atoms with Gasteiger partial charge in [0, 0.05) is 8.95 Å². The first-order valence-electron chi connectivity index (χ1n) is 11.0. The summed E-state index contributed by atoms with van der Waals surface area (Å²) in [5, 5.41) is -0.288. The molecule has 8 heteroatoms. The molecule has 3 aromatic carbocycles. The van der Waals surface area contributed by atoms with E-state index in [0.29, 0.717) is 29.6 Å². The first-order chi connectivity index (χ1) is 16.8. The number of rotatable bonds is 8. The monoisotopic (exact) mass is 615 g/mol. The molecule has 1 heterocycles. The Kier molecular flexibility index (Phi) is 8.36. The molecule has 0 N–H and O–H groups in total. The Balaban J connectivity index is 1.55. The second kappa shape index (κ2) is 11.5. The molecule has 3 aromatic rings. The van der Waals surface area contributed by atoms with Gasteiger partial charge in [-0.3, -0.25) is 14.5 Å². The second-order valence-electron chi connectivity index (χ2n) is 7.93. The maximum Gasteiger partial charge on any atom is 0.293 e. The summed E-state index contributed by atoms with van der Waals surface area (Å²) in [7, 11) is 0. The topological polar surface area (TPSA) is 55.8 Å². The van der Waals surface area contributed by atoms with Crippen LogP contribution in [0.15, 0.2) is 74.5 Å². The molecule has 4 rings (SSSR count). The molecule has 0 aromatic heterocycles. The summed E-state index contributed by atoms with van der Waals surface area (Å²) in [5.41, 5.74) is 3.84. The van der Waals surface area contributed by atoms with E-state index in [2.05, 4.69) is 37.9 Å². The highest BCUT2D eigenvalue weighted by molar-refractivity contribution is 9.10. The Morgan fingerprint density at radius 2 is 1.69 bits per heavy atom. The fourth-order valence-corrected chi connectivity index (χ4v) is 5.09. The van der Waals surface area contributed by atoms with Gasteiger partial charge < -0.3 is 9.47 Å². The zero-order valence-corrected chi connectivity index (χ0v) is 23.2. The van der Waals surface area contributed by atoms with E-state index in [-0.39, 0.29) is 17.7 Å². The van der Waals surface area contributed by atoms with E-state index in [1.165, 1.54) is 10.5 Å². The molecule has 1 fully saturated rings. The van der Waals surface area contributed by atoms with Crippen LogP contribution < -0.4 is 9.47 Å². The first kappa shape index (κ1) is 25.5. The number of imide groups is 1. The van der Waals surface area contributed by atoms with Crippen molar-refractivity contribution in [3.63, 3.8) is 0 Å². The van der Waals surface area contributed by atoms with Crippen molar-refractivity contribution >= 4 is 60.8 Å². The third-order valence-corrected chi connectivity index (χ3v) is 7.38. The first-order valence-corrected chi connectivity index (χ1v) is 13.4. The largest absolute Gasteiger partial charge is 0.490 e. The van der Waals surface area contributed by atoms with Gasteiger partial charge in [-0.1, -0.05) is 73.8 Å². The van der Waals surface area contributed by atoms with Crippen LogP contribution in [0.3, 0.4) is 0 Å². The summed E-state index contributed by atoms with van der Waals surface area (Å²) in [6.07, 6.45) is 1.71. The summed E-state index contributed by atoms with van der Waals surface area (Å²) >= 11 is 7.92. The highest BCUT2D eigenvalue weighted by Crippen LogP contribution is 2.39. The van der Waals surface area contributed by atoms with Gasteiger partial charge in [-0.05, 0) is 72.6 Å². The minimum Gasteiger partial charge on any atom is -0.490 e. The van der Waals surface area contributed by atoms with Crippen molar-refractivity contribution in [1.29, 1.82) is 0 Å². The highest BCUT2D eigenvalue weighted by Gasteiger charge is 2.35. The minimum atomic E-state index is -0.312. The molecule has 2 amide bonds. The average molecular weight is 617 g/mol. The lowest BCUT2D eigenvalue weighted by atomic mass is 10.1. The van der Waals surface area contributed by atoms with Crippen LogP contribution in [0.4, 0.5) is 4.79 Å².